The first-order chi connectivity index (χ1) is 17.0. The second kappa shape index (κ2) is 11.8. The molecule has 6 nitrogen and oxygen atoms in total. The van der Waals surface area contributed by atoms with Gasteiger partial charge in [0, 0.05) is 19.7 Å². The summed E-state index contributed by atoms with van der Waals surface area (Å²) in [5, 5.41) is 1.06. The van der Waals surface area contributed by atoms with Gasteiger partial charge in [-0.25, -0.2) is 9.37 Å². The number of amides is 1. The minimum atomic E-state index is -0.287. The summed E-state index contributed by atoms with van der Waals surface area (Å²) in [4.78, 5) is 33.5. The van der Waals surface area contributed by atoms with Crippen molar-refractivity contribution < 1.29 is 13.9 Å². The Balaban J connectivity index is 1.59. The number of aromatic nitrogens is 2. The zero-order chi connectivity index (χ0) is 24.8. The number of methoxy groups -OCH3 is 1. The van der Waals surface area contributed by atoms with Gasteiger partial charge in [0.05, 0.1) is 29.3 Å². The smallest absolute Gasteiger partial charge is 0.262 e. The van der Waals surface area contributed by atoms with E-state index in [0.717, 1.165) is 31.2 Å². The number of rotatable bonds is 9. The molecular weight excluding hydrogens is 465 g/mol. The molecule has 0 aliphatic heterocycles. The number of para-hydroxylation sites is 1. The molecule has 0 saturated heterocycles. The number of carbonyl (C=O) groups excluding carboxylic acids is 1. The number of ether oxygens (including phenoxy) is 1. The van der Waals surface area contributed by atoms with Crippen molar-refractivity contribution in [3.8, 4) is 0 Å². The molecule has 1 aliphatic rings. The van der Waals surface area contributed by atoms with E-state index in [2.05, 4.69) is 0 Å². The van der Waals surface area contributed by atoms with Crippen molar-refractivity contribution in [2.24, 2.45) is 0 Å². The fraction of sp³-hybridized carbons (Fsp3) is 0.444. The van der Waals surface area contributed by atoms with Gasteiger partial charge in [0.25, 0.3) is 5.56 Å². The van der Waals surface area contributed by atoms with Gasteiger partial charge in [-0.1, -0.05) is 55.3 Å². The Kier molecular flexibility index (Phi) is 8.57. The number of hydrogen-bond acceptors (Lipinski definition) is 5. The summed E-state index contributed by atoms with van der Waals surface area (Å²) >= 11 is 1.29. The summed E-state index contributed by atoms with van der Waals surface area (Å²) in [7, 11) is 1.60. The number of carbonyl (C=O) groups is 1. The van der Waals surface area contributed by atoms with Crippen molar-refractivity contribution in [2.75, 3.05) is 19.5 Å². The number of benzene rings is 2. The van der Waals surface area contributed by atoms with E-state index in [1.165, 1.54) is 30.3 Å². The molecule has 35 heavy (non-hydrogen) atoms. The monoisotopic (exact) mass is 497 g/mol. The lowest BCUT2D eigenvalue weighted by atomic mass is 9.94. The van der Waals surface area contributed by atoms with Crippen molar-refractivity contribution in [1.29, 1.82) is 0 Å². The van der Waals surface area contributed by atoms with E-state index in [1.54, 1.807) is 29.9 Å². The minimum Gasteiger partial charge on any atom is -0.383 e. The molecule has 2 aromatic carbocycles. The van der Waals surface area contributed by atoms with Crippen molar-refractivity contribution in [2.45, 2.75) is 62.8 Å². The molecule has 1 aromatic heterocycles. The second-order valence-corrected chi connectivity index (χ2v) is 10.1. The molecule has 4 rings (SSSR count). The van der Waals surface area contributed by atoms with Gasteiger partial charge in [-0.2, -0.15) is 0 Å². The van der Waals surface area contributed by atoms with E-state index in [1.807, 2.05) is 30.0 Å². The number of hydrogen-bond donors (Lipinski definition) is 0. The highest BCUT2D eigenvalue weighted by atomic mass is 32.2. The van der Waals surface area contributed by atoms with Crippen LogP contribution in [0.2, 0.25) is 0 Å². The lowest BCUT2D eigenvalue weighted by molar-refractivity contribution is -0.132. The largest absolute Gasteiger partial charge is 0.383 e. The van der Waals surface area contributed by atoms with Gasteiger partial charge in [-0.3, -0.25) is 14.2 Å². The lowest BCUT2D eigenvalue weighted by Gasteiger charge is -2.34. The minimum absolute atomic E-state index is 0.000391. The van der Waals surface area contributed by atoms with Crippen LogP contribution >= 0.6 is 11.8 Å². The molecule has 1 saturated carbocycles. The quantitative estimate of drug-likeness (QED) is 0.300. The number of fused-ring (bicyclic) bond motifs is 1. The highest BCUT2D eigenvalue weighted by molar-refractivity contribution is 7.99. The zero-order valence-corrected chi connectivity index (χ0v) is 21.1. The van der Waals surface area contributed by atoms with E-state index in [-0.39, 0.29) is 35.1 Å². The summed E-state index contributed by atoms with van der Waals surface area (Å²) in [5.41, 5.74) is 1.39. The summed E-state index contributed by atoms with van der Waals surface area (Å²) < 4.78 is 20.4. The highest BCUT2D eigenvalue weighted by Gasteiger charge is 2.26. The third kappa shape index (κ3) is 6.11. The number of nitrogens with zero attached hydrogens (tertiary/aromatic N) is 3. The predicted octanol–water partition coefficient (Wildman–Crippen LogP) is 5.20. The van der Waals surface area contributed by atoms with Gasteiger partial charge >= 0.3 is 0 Å². The molecular formula is C27H32FN3O3S. The van der Waals surface area contributed by atoms with Crippen LogP contribution in [0, 0.1) is 5.82 Å². The molecule has 0 spiro atoms. The van der Waals surface area contributed by atoms with E-state index in [9.17, 15) is 14.0 Å². The van der Waals surface area contributed by atoms with Crippen LogP contribution < -0.4 is 5.56 Å². The van der Waals surface area contributed by atoms with E-state index >= 15 is 0 Å². The Morgan fingerprint density at radius 2 is 1.89 bits per heavy atom. The van der Waals surface area contributed by atoms with Gasteiger partial charge in [0.15, 0.2) is 5.16 Å². The molecule has 0 N–H and O–H groups in total. The van der Waals surface area contributed by atoms with Crippen LogP contribution in [0.5, 0.6) is 0 Å². The van der Waals surface area contributed by atoms with E-state index in [4.69, 9.17) is 9.72 Å². The first kappa shape index (κ1) is 25.4. The Bertz CT molecular complexity index is 1210. The van der Waals surface area contributed by atoms with Crippen LogP contribution in [0.4, 0.5) is 4.39 Å². The Morgan fingerprint density at radius 1 is 1.17 bits per heavy atom. The molecule has 3 aromatic rings. The first-order valence-electron chi connectivity index (χ1n) is 12.1. The third-order valence-corrected chi connectivity index (χ3v) is 7.49. The summed E-state index contributed by atoms with van der Waals surface area (Å²) in [6.07, 6.45) is 5.34. The zero-order valence-electron chi connectivity index (χ0n) is 20.3. The Morgan fingerprint density at radius 3 is 2.60 bits per heavy atom. The van der Waals surface area contributed by atoms with Crippen LogP contribution in [0.1, 0.15) is 50.6 Å². The van der Waals surface area contributed by atoms with Crippen molar-refractivity contribution >= 4 is 28.6 Å². The molecule has 0 unspecified atom stereocenters. The maximum absolute atomic E-state index is 13.5. The second-order valence-electron chi connectivity index (χ2n) is 9.12. The molecule has 1 fully saturated rings. The van der Waals surface area contributed by atoms with Gasteiger partial charge in [-0.15, -0.1) is 0 Å². The van der Waals surface area contributed by atoms with Crippen LogP contribution in [-0.4, -0.2) is 45.9 Å². The summed E-state index contributed by atoms with van der Waals surface area (Å²) in [5.74, 6) is -0.118. The SMILES string of the molecule is COC[C@@H](C)n1c(SCC(=O)N(Cc2ccc(F)cc2)C2CCCCC2)nc2ccccc2c1=O. The predicted molar refractivity (Wildman–Crippen MR) is 137 cm³/mol. The van der Waals surface area contributed by atoms with Crippen LogP contribution in [0.3, 0.4) is 0 Å². The third-order valence-electron chi connectivity index (χ3n) is 6.55. The van der Waals surface area contributed by atoms with Gasteiger partial charge in [0.2, 0.25) is 5.91 Å². The van der Waals surface area contributed by atoms with E-state index in [0.29, 0.717) is 29.2 Å². The van der Waals surface area contributed by atoms with Crippen molar-refractivity contribution in [3.63, 3.8) is 0 Å². The van der Waals surface area contributed by atoms with Crippen molar-refractivity contribution in [1.82, 2.24) is 14.5 Å². The average Bonchev–Trinajstić information content (AvgIpc) is 2.87. The maximum Gasteiger partial charge on any atom is 0.262 e. The molecule has 1 atom stereocenters. The summed E-state index contributed by atoms with van der Waals surface area (Å²) in [6, 6.07) is 13.5. The average molecular weight is 498 g/mol. The van der Waals surface area contributed by atoms with Crippen molar-refractivity contribution in [3.05, 3.63) is 70.3 Å². The van der Waals surface area contributed by atoms with E-state index < -0.39 is 0 Å². The molecule has 186 valence electrons. The Hall–Kier alpha value is -2.71. The number of thioether (sulfide) groups is 1. The molecule has 1 aliphatic carbocycles. The molecule has 8 heteroatoms. The van der Waals surface area contributed by atoms with Gasteiger partial charge in [0.1, 0.15) is 5.82 Å². The van der Waals surface area contributed by atoms with Crippen LogP contribution in [0.15, 0.2) is 58.5 Å². The maximum atomic E-state index is 13.5. The topological polar surface area (TPSA) is 64.4 Å². The highest BCUT2D eigenvalue weighted by Crippen LogP contribution is 2.27. The molecule has 0 bridgehead atoms. The van der Waals surface area contributed by atoms with Gasteiger partial charge in [-0.05, 0) is 49.6 Å². The fourth-order valence-corrected chi connectivity index (χ4v) is 5.72. The van der Waals surface area contributed by atoms with Crippen LogP contribution in [0.25, 0.3) is 10.9 Å². The normalized spacial score (nSPS) is 15.3. The fourth-order valence-electron chi connectivity index (χ4n) is 4.74. The first-order valence-corrected chi connectivity index (χ1v) is 13.1. The standard InChI is InChI=1S/C27H32FN3O3S/c1-19(17-34-2)31-26(33)23-10-6-7-11-24(23)29-27(31)35-18-25(32)30(22-8-4-3-5-9-22)16-20-12-14-21(28)15-13-20/h6-7,10-15,19,22H,3-5,8-9,16-18H2,1-2H3/t19-/m1/s1. The molecule has 0 radical (unpaired) electrons. The number of halogens is 1. The Labute approximate surface area is 209 Å². The lowest BCUT2D eigenvalue weighted by Crippen LogP contribution is -2.42. The molecule has 1 heterocycles. The van der Waals surface area contributed by atoms with Crippen LogP contribution in [-0.2, 0) is 16.1 Å². The van der Waals surface area contributed by atoms with Gasteiger partial charge < -0.3 is 9.64 Å². The molecule has 1 amide bonds. The summed E-state index contributed by atoms with van der Waals surface area (Å²) in [6.45, 7) is 2.72.